The van der Waals surface area contributed by atoms with Gasteiger partial charge in [-0.2, -0.15) is 4.98 Å². The Morgan fingerprint density at radius 1 is 1.37 bits per heavy atom. The van der Waals surface area contributed by atoms with Crippen molar-refractivity contribution >= 4 is 11.3 Å². The summed E-state index contributed by atoms with van der Waals surface area (Å²) in [5.74, 6) is 2.70. The molecule has 0 spiro atoms. The minimum Gasteiger partial charge on any atom is -0.339 e. The van der Waals surface area contributed by atoms with E-state index in [4.69, 9.17) is 10.3 Å². The maximum atomic E-state index is 5.65. The number of nitrogens with two attached hydrogens (primary N) is 1. The predicted molar refractivity (Wildman–Crippen MR) is 77.9 cm³/mol. The van der Waals surface area contributed by atoms with Gasteiger partial charge in [0, 0.05) is 6.42 Å². The van der Waals surface area contributed by atoms with Crippen molar-refractivity contribution in [2.45, 2.75) is 33.1 Å². The Balaban J connectivity index is 1.93. The summed E-state index contributed by atoms with van der Waals surface area (Å²) >= 11 is 1.63. The van der Waals surface area contributed by atoms with Crippen LogP contribution in [0, 0.1) is 11.8 Å². The van der Waals surface area contributed by atoms with Gasteiger partial charge in [-0.1, -0.05) is 25.1 Å². The summed E-state index contributed by atoms with van der Waals surface area (Å²) in [7, 11) is 0. The highest BCUT2D eigenvalue weighted by Gasteiger charge is 2.15. The molecule has 0 aliphatic rings. The van der Waals surface area contributed by atoms with Crippen LogP contribution in [0.3, 0.4) is 0 Å². The van der Waals surface area contributed by atoms with Crippen LogP contribution >= 0.6 is 11.3 Å². The molecule has 2 rings (SSSR count). The van der Waals surface area contributed by atoms with Crippen molar-refractivity contribution in [3.05, 3.63) is 23.4 Å². The van der Waals surface area contributed by atoms with Crippen molar-refractivity contribution in [3.8, 4) is 10.7 Å². The van der Waals surface area contributed by atoms with E-state index in [-0.39, 0.29) is 0 Å². The Hall–Kier alpha value is -1.20. The maximum Gasteiger partial charge on any atom is 0.226 e. The van der Waals surface area contributed by atoms with Crippen LogP contribution in [0.2, 0.25) is 0 Å². The zero-order chi connectivity index (χ0) is 13.7. The van der Waals surface area contributed by atoms with Crippen LogP contribution in [-0.2, 0) is 6.42 Å². The molecule has 0 aliphatic carbocycles. The van der Waals surface area contributed by atoms with Gasteiger partial charge in [-0.25, -0.2) is 0 Å². The minimum atomic E-state index is 0.627. The Morgan fingerprint density at radius 2 is 2.21 bits per heavy atom. The number of hydrogen-bond donors (Lipinski definition) is 1. The van der Waals surface area contributed by atoms with Crippen molar-refractivity contribution in [2.24, 2.45) is 17.6 Å². The molecule has 2 N–H and O–H groups in total. The molecule has 19 heavy (non-hydrogen) atoms. The first kappa shape index (κ1) is 14.2. The molecule has 5 heteroatoms. The third kappa shape index (κ3) is 3.88. The van der Waals surface area contributed by atoms with Gasteiger partial charge >= 0.3 is 0 Å². The summed E-state index contributed by atoms with van der Waals surface area (Å²) in [6, 6.07) is 4.00. The first-order valence-electron chi connectivity index (χ1n) is 6.77. The zero-order valence-corrected chi connectivity index (χ0v) is 12.3. The molecule has 1 atom stereocenters. The second kappa shape index (κ2) is 6.82. The Bertz CT molecular complexity index is 479. The normalized spacial score (nSPS) is 13.1. The van der Waals surface area contributed by atoms with Crippen molar-refractivity contribution in [3.63, 3.8) is 0 Å². The van der Waals surface area contributed by atoms with Gasteiger partial charge in [-0.05, 0) is 42.7 Å². The second-order valence-electron chi connectivity index (χ2n) is 5.11. The van der Waals surface area contributed by atoms with E-state index in [2.05, 4.69) is 24.0 Å². The predicted octanol–water partition coefficient (Wildman–Crippen LogP) is 3.35. The number of rotatable bonds is 7. The molecule has 0 radical (unpaired) electrons. The van der Waals surface area contributed by atoms with Gasteiger partial charge in [0.05, 0.1) is 4.88 Å². The Kier molecular flexibility index (Phi) is 5.10. The molecule has 1 unspecified atom stereocenters. The third-order valence-corrected chi connectivity index (χ3v) is 4.28. The lowest BCUT2D eigenvalue weighted by atomic mass is 9.88. The van der Waals surface area contributed by atoms with Gasteiger partial charge in [-0.3, -0.25) is 0 Å². The van der Waals surface area contributed by atoms with E-state index in [0.717, 1.165) is 36.6 Å². The van der Waals surface area contributed by atoms with Crippen LogP contribution in [0.1, 0.15) is 32.6 Å². The largest absolute Gasteiger partial charge is 0.339 e. The molecule has 0 aliphatic heterocycles. The van der Waals surface area contributed by atoms with Crippen molar-refractivity contribution in [1.82, 2.24) is 10.1 Å². The van der Waals surface area contributed by atoms with E-state index >= 15 is 0 Å². The van der Waals surface area contributed by atoms with Gasteiger partial charge < -0.3 is 10.3 Å². The van der Waals surface area contributed by atoms with Crippen molar-refractivity contribution in [1.29, 1.82) is 0 Å². The Morgan fingerprint density at radius 3 is 2.84 bits per heavy atom. The lowest BCUT2D eigenvalue weighted by molar-refractivity contribution is 0.313. The van der Waals surface area contributed by atoms with E-state index < -0.39 is 0 Å². The molecule has 2 aromatic rings. The lowest BCUT2D eigenvalue weighted by Gasteiger charge is -2.18. The van der Waals surface area contributed by atoms with Gasteiger partial charge in [-0.15, -0.1) is 11.3 Å². The zero-order valence-electron chi connectivity index (χ0n) is 11.5. The summed E-state index contributed by atoms with van der Waals surface area (Å²) in [4.78, 5) is 5.50. The standard InChI is InChI=1S/C14H21N3OS/c1-10(2)11(7-8-15)5-6-13-16-14(17-18-13)12-4-3-9-19-12/h3-4,9-11H,5-8,15H2,1-2H3. The molecule has 2 heterocycles. The highest BCUT2D eigenvalue weighted by molar-refractivity contribution is 7.13. The molecule has 4 nitrogen and oxygen atoms in total. The number of hydrogen-bond acceptors (Lipinski definition) is 5. The number of aromatic nitrogens is 2. The summed E-state index contributed by atoms with van der Waals surface area (Å²) in [5.41, 5.74) is 5.65. The van der Waals surface area contributed by atoms with Crippen LogP contribution in [0.15, 0.2) is 22.0 Å². The second-order valence-corrected chi connectivity index (χ2v) is 6.06. The lowest BCUT2D eigenvalue weighted by Crippen LogP contribution is -2.15. The fraction of sp³-hybridized carbons (Fsp3) is 0.571. The van der Waals surface area contributed by atoms with Crippen LogP contribution < -0.4 is 5.73 Å². The Labute approximate surface area is 118 Å². The average molecular weight is 279 g/mol. The first-order chi connectivity index (χ1) is 9.20. The van der Waals surface area contributed by atoms with Gasteiger partial charge in [0.25, 0.3) is 0 Å². The molecular formula is C14H21N3OS. The van der Waals surface area contributed by atoms with E-state index in [9.17, 15) is 0 Å². The molecule has 0 aromatic carbocycles. The SMILES string of the molecule is CC(C)C(CCN)CCc1nc(-c2cccs2)no1. The van der Waals surface area contributed by atoms with Crippen LogP contribution in [0.25, 0.3) is 10.7 Å². The molecule has 0 saturated heterocycles. The van der Waals surface area contributed by atoms with Crippen LogP contribution in [0.5, 0.6) is 0 Å². The molecule has 0 fully saturated rings. The van der Waals surface area contributed by atoms with E-state index in [0.29, 0.717) is 17.7 Å². The highest BCUT2D eigenvalue weighted by atomic mass is 32.1. The summed E-state index contributed by atoms with van der Waals surface area (Å²) in [6.07, 6.45) is 2.95. The van der Waals surface area contributed by atoms with Crippen LogP contribution in [0.4, 0.5) is 0 Å². The van der Waals surface area contributed by atoms with E-state index in [1.165, 1.54) is 0 Å². The topological polar surface area (TPSA) is 64.9 Å². The smallest absolute Gasteiger partial charge is 0.226 e. The van der Waals surface area contributed by atoms with E-state index in [1.807, 2.05) is 17.5 Å². The summed E-state index contributed by atoms with van der Waals surface area (Å²) < 4.78 is 5.31. The van der Waals surface area contributed by atoms with Gasteiger partial charge in [0.2, 0.25) is 11.7 Å². The monoisotopic (exact) mass is 279 g/mol. The fourth-order valence-corrected chi connectivity index (χ4v) is 2.85. The molecule has 0 amide bonds. The number of thiophene rings is 1. The third-order valence-electron chi connectivity index (χ3n) is 3.42. The number of aryl methyl sites for hydroxylation is 1. The van der Waals surface area contributed by atoms with Gasteiger partial charge in [0.15, 0.2) is 0 Å². The van der Waals surface area contributed by atoms with Crippen LogP contribution in [-0.4, -0.2) is 16.7 Å². The highest BCUT2D eigenvalue weighted by Crippen LogP contribution is 2.24. The van der Waals surface area contributed by atoms with Crippen molar-refractivity contribution in [2.75, 3.05) is 6.54 Å². The molecule has 0 saturated carbocycles. The maximum absolute atomic E-state index is 5.65. The number of nitrogens with zero attached hydrogens (tertiary/aromatic N) is 2. The molecule has 2 aromatic heterocycles. The fourth-order valence-electron chi connectivity index (χ4n) is 2.20. The van der Waals surface area contributed by atoms with E-state index in [1.54, 1.807) is 11.3 Å². The quantitative estimate of drug-likeness (QED) is 0.844. The summed E-state index contributed by atoms with van der Waals surface area (Å²) in [5, 5.41) is 6.04. The molecule has 104 valence electrons. The molecule has 0 bridgehead atoms. The molecular weight excluding hydrogens is 258 g/mol. The first-order valence-corrected chi connectivity index (χ1v) is 7.65. The van der Waals surface area contributed by atoms with Gasteiger partial charge in [0.1, 0.15) is 0 Å². The average Bonchev–Trinajstić information content (AvgIpc) is 3.04. The summed E-state index contributed by atoms with van der Waals surface area (Å²) in [6.45, 7) is 5.23. The minimum absolute atomic E-state index is 0.627. The van der Waals surface area contributed by atoms with Crippen molar-refractivity contribution < 1.29 is 4.52 Å².